The number of fused-ring (bicyclic) bond motifs is 2. The van der Waals surface area contributed by atoms with Crippen molar-refractivity contribution in [2.45, 2.75) is 37.7 Å². The average Bonchev–Trinajstić information content (AvgIpc) is 2.71. The second-order valence-electron chi connectivity index (χ2n) is 6.67. The summed E-state index contributed by atoms with van der Waals surface area (Å²) >= 11 is 1.40. The summed E-state index contributed by atoms with van der Waals surface area (Å²) in [6, 6.07) is 12.1. The second kappa shape index (κ2) is 7.75. The van der Waals surface area contributed by atoms with Gasteiger partial charge in [-0.3, -0.25) is 9.36 Å². The summed E-state index contributed by atoms with van der Waals surface area (Å²) in [5.41, 5.74) is 2.02. The largest absolute Gasteiger partial charge is 0.508 e. The van der Waals surface area contributed by atoms with E-state index in [0.29, 0.717) is 40.4 Å². The lowest BCUT2D eigenvalue weighted by Gasteiger charge is -2.12. The number of aryl methyl sites for hydroxylation is 1. The van der Waals surface area contributed by atoms with Gasteiger partial charge in [-0.05, 0) is 42.7 Å². The molecular weight excluding hydrogens is 388 g/mol. The molecule has 0 radical (unpaired) electrons. The average molecular weight is 408 g/mol. The Hall–Kier alpha value is -3.06. The molecule has 0 aliphatic rings. The van der Waals surface area contributed by atoms with Crippen molar-refractivity contribution in [2.24, 2.45) is 0 Å². The fraction of sp³-hybridized carbons (Fsp3) is 0.227. The number of phenolic OH excluding ortho intramolecular Hbond substituents is 1. The van der Waals surface area contributed by atoms with Crippen LogP contribution in [0.15, 0.2) is 61.6 Å². The van der Waals surface area contributed by atoms with Crippen molar-refractivity contribution in [2.75, 3.05) is 0 Å². The van der Waals surface area contributed by atoms with Crippen LogP contribution < -0.4 is 11.2 Å². The molecule has 6 nitrogen and oxygen atoms in total. The van der Waals surface area contributed by atoms with Crippen LogP contribution >= 0.6 is 11.8 Å². The van der Waals surface area contributed by atoms with Crippen LogP contribution in [0.25, 0.3) is 21.9 Å². The van der Waals surface area contributed by atoms with E-state index in [4.69, 9.17) is 4.42 Å². The van der Waals surface area contributed by atoms with E-state index in [9.17, 15) is 14.7 Å². The lowest BCUT2D eigenvalue weighted by Crippen LogP contribution is -2.22. The highest BCUT2D eigenvalue weighted by atomic mass is 32.2. The summed E-state index contributed by atoms with van der Waals surface area (Å²) in [6.07, 6.45) is 0.662. The molecule has 2 aromatic heterocycles. The van der Waals surface area contributed by atoms with Crippen LogP contribution in [0.1, 0.15) is 25.0 Å². The van der Waals surface area contributed by atoms with E-state index >= 15 is 0 Å². The molecule has 0 amide bonds. The molecule has 4 aromatic rings. The molecule has 0 spiro atoms. The minimum atomic E-state index is -0.476. The van der Waals surface area contributed by atoms with E-state index in [-0.39, 0.29) is 11.3 Å². The number of para-hydroxylation sites is 1. The van der Waals surface area contributed by atoms with Gasteiger partial charge in [0.1, 0.15) is 11.3 Å². The molecule has 0 atom stereocenters. The third kappa shape index (κ3) is 3.53. The maximum atomic E-state index is 12.8. The lowest BCUT2D eigenvalue weighted by molar-refractivity contribution is 0.466. The topological polar surface area (TPSA) is 85.3 Å². The quantitative estimate of drug-likeness (QED) is 0.304. The first-order chi connectivity index (χ1) is 14.0. The first-order valence-corrected chi connectivity index (χ1v) is 10.4. The van der Waals surface area contributed by atoms with Gasteiger partial charge in [-0.1, -0.05) is 30.8 Å². The zero-order chi connectivity index (χ0) is 20.5. The number of aromatic hydroxyl groups is 1. The molecule has 2 heterocycles. The summed E-state index contributed by atoms with van der Waals surface area (Å²) in [4.78, 5) is 29.5. The zero-order valence-corrected chi connectivity index (χ0v) is 17.0. The molecule has 1 N–H and O–H groups in total. The Morgan fingerprint density at radius 1 is 1.07 bits per heavy atom. The summed E-state index contributed by atoms with van der Waals surface area (Å²) in [5.74, 6) is 0.560. The molecule has 4 rings (SSSR count). The highest BCUT2D eigenvalue weighted by molar-refractivity contribution is 7.98. The van der Waals surface area contributed by atoms with Gasteiger partial charge in [0.2, 0.25) is 0 Å². The first-order valence-electron chi connectivity index (χ1n) is 9.42. The van der Waals surface area contributed by atoms with Crippen LogP contribution in [0.3, 0.4) is 0 Å². The minimum absolute atomic E-state index is 0.0729. The fourth-order valence-corrected chi connectivity index (χ4v) is 4.44. The van der Waals surface area contributed by atoms with Gasteiger partial charge in [0.15, 0.2) is 5.16 Å². The SMILES string of the molecule is CCc1cc2c(CSc3nc4ccccc4c(=O)n3CC)cc(=O)oc2cc1O. The van der Waals surface area contributed by atoms with Gasteiger partial charge in [-0.15, -0.1) is 0 Å². The maximum absolute atomic E-state index is 12.8. The lowest BCUT2D eigenvalue weighted by atomic mass is 10.1. The molecule has 0 unspecified atom stereocenters. The van der Waals surface area contributed by atoms with Crippen molar-refractivity contribution in [1.82, 2.24) is 9.55 Å². The molecule has 0 aliphatic carbocycles. The van der Waals surface area contributed by atoms with E-state index < -0.39 is 5.63 Å². The van der Waals surface area contributed by atoms with Crippen LogP contribution in [0.4, 0.5) is 0 Å². The highest BCUT2D eigenvalue weighted by Crippen LogP contribution is 2.30. The van der Waals surface area contributed by atoms with E-state index in [1.807, 2.05) is 38.1 Å². The number of aromatic nitrogens is 2. The Labute approximate surface area is 170 Å². The molecule has 2 aromatic carbocycles. The molecule has 0 saturated heterocycles. The molecule has 0 fully saturated rings. The summed E-state index contributed by atoms with van der Waals surface area (Å²) in [6.45, 7) is 4.36. The van der Waals surface area contributed by atoms with Crippen LogP contribution in [0, 0.1) is 0 Å². The van der Waals surface area contributed by atoms with Crippen LogP contribution in [-0.4, -0.2) is 14.7 Å². The Morgan fingerprint density at radius 2 is 1.86 bits per heavy atom. The van der Waals surface area contributed by atoms with Gasteiger partial charge in [0.05, 0.1) is 10.9 Å². The number of hydrogen-bond acceptors (Lipinski definition) is 6. The van der Waals surface area contributed by atoms with Crippen LogP contribution in [-0.2, 0) is 18.7 Å². The molecule has 0 saturated carbocycles. The van der Waals surface area contributed by atoms with E-state index in [1.54, 1.807) is 10.6 Å². The van der Waals surface area contributed by atoms with Crippen molar-refractivity contribution in [3.63, 3.8) is 0 Å². The Morgan fingerprint density at radius 3 is 2.62 bits per heavy atom. The molecule has 29 heavy (non-hydrogen) atoms. The normalized spacial score (nSPS) is 11.4. The van der Waals surface area contributed by atoms with Crippen molar-refractivity contribution >= 4 is 33.6 Å². The monoisotopic (exact) mass is 408 g/mol. The molecule has 148 valence electrons. The standard InChI is InChI=1S/C22H20N2O4S/c1-3-13-9-16-14(10-20(26)28-19(16)11-18(13)25)12-29-22-23-17-8-6-5-7-15(17)21(27)24(22)4-2/h5-11,25H,3-4,12H2,1-2H3. The van der Waals surface area contributed by atoms with Gasteiger partial charge in [-0.2, -0.15) is 0 Å². The molecule has 7 heteroatoms. The Balaban J connectivity index is 1.79. The van der Waals surface area contributed by atoms with E-state index in [2.05, 4.69) is 4.98 Å². The van der Waals surface area contributed by atoms with Gasteiger partial charge < -0.3 is 9.52 Å². The zero-order valence-electron chi connectivity index (χ0n) is 16.1. The second-order valence-corrected chi connectivity index (χ2v) is 7.61. The van der Waals surface area contributed by atoms with E-state index in [0.717, 1.165) is 16.5 Å². The first kappa shape index (κ1) is 19.3. The number of benzene rings is 2. The van der Waals surface area contributed by atoms with Crippen molar-refractivity contribution < 1.29 is 9.52 Å². The maximum Gasteiger partial charge on any atom is 0.336 e. The van der Waals surface area contributed by atoms with Crippen molar-refractivity contribution in [1.29, 1.82) is 0 Å². The van der Waals surface area contributed by atoms with Crippen LogP contribution in [0.2, 0.25) is 0 Å². The molecular formula is C22H20N2O4S. The summed E-state index contributed by atoms with van der Waals surface area (Å²) < 4.78 is 6.90. The predicted molar refractivity (Wildman–Crippen MR) is 115 cm³/mol. The van der Waals surface area contributed by atoms with Gasteiger partial charge in [-0.25, -0.2) is 9.78 Å². The van der Waals surface area contributed by atoms with Crippen molar-refractivity contribution in [3.05, 3.63) is 74.4 Å². The third-order valence-corrected chi connectivity index (χ3v) is 5.94. The summed E-state index contributed by atoms with van der Waals surface area (Å²) in [5, 5.41) is 12.1. The molecule has 0 aliphatic heterocycles. The number of thioether (sulfide) groups is 1. The number of hydrogen-bond donors (Lipinski definition) is 1. The van der Waals surface area contributed by atoms with Gasteiger partial charge in [0.25, 0.3) is 5.56 Å². The minimum Gasteiger partial charge on any atom is -0.508 e. The van der Waals surface area contributed by atoms with Crippen molar-refractivity contribution in [3.8, 4) is 5.75 Å². The Bertz CT molecular complexity index is 1340. The Kier molecular flexibility index (Phi) is 5.15. The van der Waals surface area contributed by atoms with Gasteiger partial charge >= 0.3 is 5.63 Å². The fourth-order valence-electron chi connectivity index (χ4n) is 3.39. The highest BCUT2D eigenvalue weighted by Gasteiger charge is 2.14. The smallest absolute Gasteiger partial charge is 0.336 e. The van der Waals surface area contributed by atoms with Crippen LogP contribution in [0.5, 0.6) is 5.75 Å². The van der Waals surface area contributed by atoms with E-state index in [1.165, 1.54) is 23.9 Å². The van der Waals surface area contributed by atoms with Gasteiger partial charge in [0, 0.05) is 29.8 Å². The summed E-state index contributed by atoms with van der Waals surface area (Å²) in [7, 11) is 0. The number of rotatable bonds is 5. The number of nitrogens with zero attached hydrogens (tertiary/aromatic N) is 2. The third-order valence-electron chi connectivity index (χ3n) is 4.91. The molecule has 0 bridgehead atoms. The number of phenols is 1. The predicted octanol–water partition coefficient (Wildman–Crippen LogP) is 4.08.